The van der Waals surface area contributed by atoms with Crippen LogP contribution in [0.4, 0.5) is 0 Å². The quantitative estimate of drug-likeness (QED) is 0.580. The van der Waals surface area contributed by atoms with E-state index in [4.69, 9.17) is 4.74 Å². The fourth-order valence-corrected chi connectivity index (χ4v) is 3.34. The highest BCUT2D eigenvalue weighted by Crippen LogP contribution is 2.25. The average molecular weight is 324 g/mol. The first kappa shape index (κ1) is 14.1. The van der Waals surface area contributed by atoms with Crippen molar-refractivity contribution in [3.05, 3.63) is 54.0 Å². The minimum Gasteiger partial charge on any atom is -0.497 e. The number of pyridine rings is 1. The predicted molar refractivity (Wildman–Crippen MR) is 92.1 cm³/mol. The van der Waals surface area contributed by atoms with Crippen LogP contribution in [-0.4, -0.2) is 26.5 Å². The number of aromatic nitrogens is 4. The second-order valence-electron chi connectivity index (χ2n) is 5.34. The summed E-state index contributed by atoms with van der Waals surface area (Å²) in [5.74, 6) is 1.60. The number of methoxy groups -OCH3 is 1. The summed E-state index contributed by atoms with van der Waals surface area (Å²) in [5, 5.41) is 0.891. The zero-order valence-corrected chi connectivity index (χ0v) is 13.7. The van der Waals surface area contributed by atoms with E-state index in [1.54, 1.807) is 18.9 Å². The first-order chi connectivity index (χ1) is 11.2. The van der Waals surface area contributed by atoms with Gasteiger partial charge in [-0.3, -0.25) is 0 Å². The summed E-state index contributed by atoms with van der Waals surface area (Å²) in [4.78, 5) is 12.6. The molecule has 0 fully saturated rings. The van der Waals surface area contributed by atoms with Gasteiger partial charge in [0.2, 0.25) is 0 Å². The van der Waals surface area contributed by atoms with E-state index < -0.39 is 0 Å². The van der Waals surface area contributed by atoms with Crippen molar-refractivity contribution in [2.75, 3.05) is 7.11 Å². The minimum atomic E-state index is 0.776. The van der Waals surface area contributed by atoms with E-state index in [0.717, 1.165) is 39.0 Å². The van der Waals surface area contributed by atoms with Gasteiger partial charge in [-0.2, -0.15) is 0 Å². The summed E-state index contributed by atoms with van der Waals surface area (Å²) in [6.07, 6.45) is 2.09. The molecule has 0 aliphatic rings. The number of fused-ring (bicyclic) bond motifs is 2. The minimum absolute atomic E-state index is 0.776. The zero-order chi connectivity index (χ0) is 15.8. The Balaban J connectivity index is 1.56. The van der Waals surface area contributed by atoms with Crippen LogP contribution in [0.1, 0.15) is 11.4 Å². The van der Waals surface area contributed by atoms with Crippen molar-refractivity contribution in [2.24, 2.45) is 0 Å². The second kappa shape index (κ2) is 5.62. The molecule has 5 nitrogen and oxygen atoms in total. The van der Waals surface area contributed by atoms with E-state index >= 15 is 0 Å². The van der Waals surface area contributed by atoms with E-state index in [1.807, 2.05) is 30.3 Å². The molecule has 23 heavy (non-hydrogen) atoms. The van der Waals surface area contributed by atoms with Crippen molar-refractivity contribution in [1.82, 2.24) is 19.4 Å². The topological polar surface area (TPSA) is 55.2 Å². The number of imidazole rings is 2. The highest BCUT2D eigenvalue weighted by Gasteiger charge is 2.07. The molecule has 0 unspecified atom stereocenters. The van der Waals surface area contributed by atoms with Gasteiger partial charge >= 0.3 is 0 Å². The Morgan fingerprint density at radius 3 is 2.96 bits per heavy atom. The molecule has 1 aromatic carbocycles. The Hall–Kier alpha value is -2.47. The lowest BCUT2D eigenvalue weighted by molar-refractivity contribution is 0.415. The highest BCUT2D eigenvalue weighted by atomic mass is 32.2. The molecular weight excluding hydrogens is 308 g/mol. The molecule has 0 saturated heterocycles. The fourth-order valence-electron chi connectivity index (χ4n) is 2.57. The molecule has 4 aromatic rings. The van der Waals surface area contributed by atoms with Gasteiger partial charge < -0.3 is 14.1 Å². The van der Waals surface area contributed by atoms with Gasteiger partial charge in [-0.1, -0.05) is 17.8 Å². The molecule has 0 atom stereocenters. The van der Waals surface area contributed by atoms with Crippen LogP contribution >= 0.6 is 11.8 Å². The van der Waals surface area contributed by atoms with Crippen molar-refractivity contribution in [1.29, 1.82) is 0 Å². The summed E-state index contributed by atoms with van der Waals surface area (Å²) in [5.41, 5.74) is 5.14. The molecule has 0 aliphatic carbocycles. The molecule has 1 N–H and O–H groups in total. The molecule has 3 heterocycles. The number of benzene rings is 1. The highest BCUT2D eigenvalue weighted by molar-refractivity contribution is 7.98. The maximum atomic E-state index is 5.24. The van der Waals surface area contributed by atoms with Crippen molar-refractivity contribution in [2.45, 2.75) is 17.8 Å². The first-order valence-electron chi connectivity index (χ1n) is 7.33. The molecule has 6 heteroatoms. The normalized spacial score (nSPS) is 11.4. The fraction of sp³-hybridized carbons (Fsp3) is 0.176. The van der Waals surface area contributed by atoms with Crippen LogP contribution in [0.15, 0.2) is 47.8 Å². The standard InChI is InChI=1S/C17H16N4OS/c1-11-4-3-5-16-18-12(9-21(11)16)10-23-17-19-14-7-6-13(22-2)8-15(14)20-17/h3-9H,10H2,1-2H3,(H,19,20). The number of aryl methyl sites for hydroxylation is 1. The monoisotopic (exact) mass is 324 g/mol. The Kier molecular flexibility index (Phi) is 3.46. The third kappa shape index (κ3) is 2.66. The lowest BCUT2D eigenvalue weighted by Crippen LogP contribution is -1.86. The molecule has 0 spiro atoms. The summed E-state index contributed by atoms with van der Waals surface area (Å²) < 4.78 is 7.35. The molecule has 0 radical (unpaired) electrons. The number of H-pyrrole nitrogens is 1. The van der Waals surface area contributed by atoms with Gasteiger partial charge in [0.15, 0.2) is 5.16 Å². The van der Waals surface area contributed by atoms with E-state index in [0.29, 0.717) is 0 Å². The number of nitrogens with zero attached hydrogens (tertiary/aromatic N) is 3. The number of ether oxygens (including phenoxy) is 1. The molecule has 4 rings (SSSR count). The van der Waals surface area contributed by atoms with Crippen LogP contribution < -0.4 is 4.74 Å². The van der Waals surface area contributed by atoms with Gasteiger partial charge in [0, 0.05) is 23.7 Å². The van der Waals surface area contributed by atoms with Crippen LogP contribution in [0.5, 0.6) is 5.75 Å². The Morgan fingerprint density at radius 1 is 1.22 bits per heavy atom. The van der Waals surface area contributed by atoms with Crippen LogP contribution in [-0.2, 0) is 5.75 Å². The van der Waals surface area contributed by atoms with Crippen LogP contribution in [0, 0.1) is 6.92 Å². The Bertz CT molecular complexity index is 989. The largest absolute Gasteiger partial charge is 0.497 e. The number of thioether (sulfide) groups is 1. The van der Waals surface area contributed by atoms with E-state index in [9.17, 15) is 0 Å². The van der Waals surface area contributed by atoms with Crippen LogP contribution in [0.2, 0.25) is 0 Å². The lowest BCUT2D eigenvalue weighted by atomic mass is 10.3. The van der Waals surface area contributed by atoms with E-state index in [2.05, 4.69) is 38.5 Å². The molecule has 116 valence electrons. The summed E-state index contributed by atoms with van der Waals surface area (Å²) in [7, 11) is 1.67. The maximum absolute atomic E-state index is 5.24. The van der Waals surface area contributed by atoms with Crippen molar-refractivity contribution >= 4 is 28.4 Å². The molecule has 0 aliphatic heterocycles. The van der Waals surface area contributed by atoms with Gasteiger partial charge in [-0.15, -0.1) is 0 Å². The van der Waals surface area contributed by atoms with Crippen LogP contribution in [0.25, 0.3) is 16.7 Å². The van der Waals surface area contributed by atoms with Gasteiger partial charge in [0.05, 0.1) is 23.8 Å². The summed E-state index contributed by atoms with van der Waals surface area (Å²) >= 11 is 1.65. The summed E-state index contributed by atoms with van der Waals surface area (Å²) in [6, 6.07) is 12.0. The molecule has 0 saturated carbocycles. The van der Waals surface area contributed by atoms with Gasteiger partial charge in [-0.05, 0) is 31.2 Å². The lowest BCUT2D eigenvalue weighted by Gasteiger charge is -1.96. The molecule has 0 bridgehead atoms. The SMILES string of the molecule is COc1ccc2nc(SCc3cn4c(C)cccc4n3)[nH]c2c1. The number of nitrogens with one attached hydrogen (secondary N) is 1. The predicted octanol–water partition coefficient (Wildman–Crippen LogP) is 3.82. The van der Waals surface area contributed by atoms with Crippen molar-refractivity contribution in [3.63, 3.8) is 0 Å². The number of hydrogen-bond donors (Lipinski definition) is 1. The number of aromatic amines is 1. The number of hydrogen-bond acceptors (Lipinski definition) is 4. The second-order valence-corrected chi connectivity index (χ2v) is 6.31. The smallest absolute Gasteiger partial charge is 0.166 e. The Labute approximate surface area is 137 Å². The van der Waals surface area contributed by atoms with Crippen LogP contribution in [0.3, 0.4) is 0 Å². The van der Waals surface area contributed by atoms with Gasteiger partial charge in [0.25, 0.3) is 0 Å². The molecular formula is C17H16N4OS. The molecule has 0 amide bonds. The van der Waals surface area contributed by atoms with Crippen molar-refractivity contribution in [3.8, 4) is 5.75 Å². The van der Waals surface area contributed by atoms with Crippen molar-refractivity contribution < 1.29 is 4.74 Å². The van der Waals surface area contributed by atoms with E-state index in [-0.39, 0.29) is 0 Å². The van der Waals surface area contributed by atoms with Gasteiger partial charge in [-0.25, -0.2) is 9.97 Å². The Morgan fingerprint density at radius 2 is 2.13 bits per heavy atom. The van der Waals surface area contributed by atoms with E-state index in [1.165, 1.54) is 5.69 Å². The third-order valence-corrected chi connectivity index (χ3v) is 4.68. The first-order valence-corrected chi connectivity index (χ1v) is 8.31. The zero-order valence-electron chi connectivity index (χ0n) is 12.9. The average Bonchev–Trinajstić information content (AvgIpc) is 3.16. The summed E-state index contributed by atoms with van der Waals surface area (Å²) in [6.45, 7) is 2.08. The third-order valence-electron chi connectivity index (χ3n) is 3.77. The van der Waals surface area contributed by atoms with Gasteiger partial charge in [0.1, 0.15) is 11.4 Å². The maximum Gasteiger partial charge on any atom is 0.166 e. The number of rotatable bonds is 4. The molecule has 3 aromatic heterocycles.